The van der Waals surface area contributed by atoms with Crippen molar-refractivity contribution in [1.82, 2.24) is 13.1 Å². The van der Waals surface area contributed by atoms with E-state index in [0.717, 1.165) is 20.5 Å². The summed E-state index contributed by atoms with van der Waals surface area (Å²) in [5.41, 5.74) is -1.60. The Kier molecular flexibility index (Phi) is 5.22. The van der Waals surface area contributed by atoms with Gasteiger partial charge in [-0.3, -0.25) is 0 Å². The first-order valence-corrected chi connectivity index (χ1v) is 7.56. The van der Waals surface area contributed by atoms with Gasteiger partial charge in [-0.2, -0.15) is 3.97 Å². The molecule has 1 heterocycles. The van der Waals surface area contributed by atoms with Crippen LogP contribution in [0.3, 0.4) is 0 Å². The van der Waals surface area contributed by atoms with Crippen LogP contribution in [-0.4, -0.2) is 19.4 Å². The molecule has 0 aliphatic carbocycles. The van der Waals surface area contributed by atoms with Crippen molar-refractivity contribution >= 4 is 11.9 Å². The molecule has 0 aromatic carbocycles. The molecule has 0 amide bonds. The molecular weight excluding hydrogens is 266 g/mol. The summed E-state index contributed by atoms with van der Waals surface area (Å²) in [7, 11) is 0. The van der Waals surface area contributed by atoms with Crippen molar-refractivity contribution in [2.75, 3.05) is 6.26 Å². The monoisotopic (exact) mass is 287 g/mol. The summed E-state index contributed by atoms with van der Waals surface area (Å²) in [6.45, 7) is 7.87. The summed E-state index contributed by atoms with van der Waals surface area (Å²) < 4.78 is 3.35. The van der Waals surface area contributed by atoms with Gasteiger partial charge in [0.05, 0.1) is 0 Å². The summed E-state index contributed by atoms with van der Waals surface area (Å²) in [6, 6.07) is -0.225. The molecule has 0 aliphatic heterocycles. The van der Waals surface area contributed by atoms with Crippen LogP contribution in [0.2, 0.25) is 0 Å². The van der Waals surface area contributed by atoms with E-state index in [1.807, 2.05) is 20.8 Å². The molecule has 7 heteroatoms. The van der Waals surface area contributed by atoms with E-state index in [9.17, 15) is 14.4 Å². The molecule has 0 spiro atoms. The average molecular weight is 287 g/mol. The first-order valence-electron chi connectivity index (χ1n) is 6.37. The molecule has 0 radical (unpaired) electrons. The first-order chi connectivity index (χ1) is 8.84. The van der Waals surface area contributed by atoms with Crippen LogP contribution in [0.15, 0.2) is 14.4 Å². The molecule has 1 aromatic rings. The van der Waals surface area contributed by atoms with Crippen molar-refractivity contribution in [1.29, 1.82) is 0 Å². The second kappa shape index (κ2) is 6.27. The van der Waals surface area contributed by atoms with Gasteiger partial charge in [0.15, 0.2) is 0 Å². The fraction of sp³-hybridized carbons (Fsp3) is 0.750. The van der Waals surface area contributed by atoms with Gasteiger partial charge >= 0.3 is 17.1 Å². The molecular formula is C12H21N3O3S. The van der Waals surface area contributed by atoms with Crippen LogP contribution in [0, 0.1) is 5.92 Å². The largest absolute Gasteiger partial charge is 0.346 e. The van der Waals surface area contributed by atoms with Gasteiger partial charge < -0.3 is 0 Å². The zero-order chi connectivity index (χ0) is 14.7. The first kappa shape index (κ1) is 15.8. The molecule has 1 aromatic heterocycles. The lowest BCUT2D eigenvalue weighted by molar-refractivity contribution is 0.404. The smallest absolute Gasteiger partial charge is 0.247 e. The van der Waals surface area contributed by atoms with Gasteiger partial charge in [-0.05, 0) is 31.2 Å². The molecule has 6 nitrogen and oxygen atoms in total. The molecule has 0 N–H and O–H groups in total. The minimum Gasteiger partial charge on any atom is -0.247 e. The van der Waals surface area contributed by atoms with E-state index in [-0.39, 0.29) is 12.0 Å². The van der Waals surface area contributed by atoms with Crippen molar-refractivity contribution < 1.29 is 0 Å². The highest BCUT2D eigenvalue weighted by molar-refractivity contribution is 7.97. The van der Waals surface area contributed by atoms with Crippen LogP contribution in [0.5, 0.6) is 0 Å². The van der Waals surface area contributed by atoms with Crippen LogP contribution in [0.4, 0.5) is 0 Å². The molecule has 0 fully saturated rings. The predicted octanol–water partition coefficient (Wildman–Crippen LogP) is 0.925. The van der Waals surface area contributed by atoms with Crippen LogP contribution < -0.4 is 17.1 Å². The Balaban J connectivity index is 3.71. The maximum atomic E-state index is 12.3. The van der Waals surface area contributed by atoms with Gasteiger partial charge in [0.1, 0.15) is 0 Å². The Morgan fingerprint density at radius 1 is 1.05 bits per heavy atom. The third-order valence-corrected chi connectivity index (χ3v) is 3.66. The minimum atomic E-state index is -0.546. The van der Waals surface area contributed by atoms with E-state index in [1.54, 1.807) is 13.2 Å². The lowest BCUT2D eigenvalue weighted by atomic mass is 10.2. The van der Waals surface area contributed by atoms with Gasteiger partial charge in [-0.1, -0.05) is 20.8 Å². The van der Waals surface area contributed by atoms with Crippen LogP contribution >= 0.6 is 11.9 Å². The topological polar surface area (TPSA) is 66.0 Å². The Labute approximate surface area is 116 Å². The molecule has 0 bridgehead atoms. The van der Waals surface area contributed by atoms with E-state index >= 15 is 0 Å². The summed E-state index contributed by atoms with van der Waals surface area (Å²) in [5.74, 6) is 0.156. The quantitative estimate of drug-likeness (QED) is 0.808. The normalized spacial score (nSPS) is 12.9. The molecule has 1 atom stereocenters. The highest BCUT2D eigenvalue weighted by Gasteiger charge is 2.18. The standard InChI is InChI=1S/C12H21N3O3S/c1-6-9(4)14-10(16)13(7-8(2)3)11(17)15(19-5)12(14)18/h8-9H,6-7H2,1-5H3. The number of rotatable bonds is 5. The van der Waals surface area contributed by atoms with E-state index < -0.39 is 17.1 Å². The minimum absolute atomic E-state index is 0.156. The van der Waals surface area contributed by atoms with Gasteiger partial charge in [0.2, 0.25) is 0 Å². The van der Waals surface area contributed by atoms with Gasteiger partial charge in [0, 0.05) is 18.8 Å². The summed E-state index contributed by atoms with van der Waals surface area (Å²) >= 11 is 1.03. The second-order valence-corrected chi connectivity index (χ2v) is 5.69. The van der Waals surface area contributed by atoms with Crippen molar-refractivity contribution in [2.45, 2.75) is 46.7 Å². The maximum Gasteiger partial charge on any atom is 0.346 e. The van der Waals surface area contributed by atoms with Crippen molar-refractivity contribution in [3.8, 4) is 0 Å². The highest BCUT2D eigenvalue weighted by atomic mass is 32.2. The molecule has 19 heavy (non-hydrogen) atoms. The Bertz CT molecular complexity index is 612. The molecule has 1 rings (SSSR count). The summed E-state index contributed by atoms with van der Waals surface area (Å²) in [6.07, 6.45) is 2.30. The Morgan fingerprint density at radius 2 is 1.63 bits per heavy atom. The van der Waals surface area contributed by atoms with Gasteiger partial charge in [-0.25, -0.2) is 23.5 Å². The van der Waals surface area contributed by atoms with Crippen molar-refractivity contribution in [3.63, 3.8) is 0 Å². The van der Waals surface area contributed by atoms with E-state index in [0.29, 0.717) is 13.0 Å². The van der Waals surface area contributed by atoms with Crippen molar-refractivity contribution in [2.24, 2.45) is 5.92 Å². The molecule has 1 unspecified atom stereocenters. The van der Waals surface area contributed by atoms with Crippen LogP contribution in [0.1, 0.15) is 40.2 Å². The summed E-state index contributed by atoms with van der Waals surface area (Å²) in [5, 5.41) is 0. The molecule has 0 saturated heterocycles. The third kappa shape index (κ3) is 3.02. The predicted molar refractivity (Wildman–Crippen MR) is 78.0 cm³/mol. The molecule has 0 aliphatic rings. The number of nitrogens with zero attached hydrogens (tertiary/aromatic N) is 3. The lowest BCUT2D eigenvalue weighted by Gasteiger charge is -2.17. The van der Waals surface area contributed by atoms with Gasteiger partial charge in [-0.15, -0.1) is 0 Å². The molecule has 108 valence electrons. The van der Waals surface area contributed by atoms with E-state index in [2.05, 4.69) is 0 Å². The highest BCUT2D eigenvalue weighted by Crippen LogP contribution is 2.03. The fourth-order valence-electron chi connectivity index (χ4n) is 1.82. The maximum absolute atomic E-state index is 12.3. The van der Waals surface area contributed by atoms with Crippen LogP contribution in [0.25, 0.3) is 0 Å². The number of hydrogen-bond acceptors (Lipinski definition) is 4. The third-order valence-electron chi connectivity index (χ3n) is 2.98. The van der Waals surface area contributed by atoms with E-state index in [4.69, 9.17) is 0 Å². The number of hydrogen-bond donors (Lipinski definition) is 0. The van der Waals surface area contributed by atoms with Crippen LogP contribution in [-0.2, 0) is 6.54 Å². The number of aromatic nitrogens is 3. The second-order valence-electron chi connectivity index (χ2n) is 4.96. The SMILES string of the molecule is CCC(C)n1c(=O)n(CC(C)C)c(=O)n(SC)c1=O. The lowest BCUT2D eigenvalue weighted by Crippen LogP contribution is -2.54. The Morgan fingerprint density at radius 3 is 2.05 bits per heavy atom. The van der Waals surface area contributed by atoms with Crippen molar-refractivity contribution in [3.05, 3.63) is 31.5 Å². The zero-order valence-corrected chi connectivity index (χ0v) is 12.9. The fourth-order valence-corrected chi connectivity index (χ4v) is 2.32. The average Bonchev–Trinajstić information content (AvgIpc) is 2.34. The summed E-state index contributed by atoms with van der Waals surface area (Å²) in [4.78, 5) is 36.6. The van der Waals surface area contributed by atoms with Gasteiger partial charge in [0.25, 0.3) is 0 Å². The zero-order valence-electron chi connectivity index (χ0n) is 12.0. The van der Waals surface area contributed by atoms with E-state index in [1.165, 1.54) is 4.57 Å². The molecule has 0 saturated carbocycles. The Hall–Kier alpha value is -1.24.